The summed E-state index contributed by atoms with van der Waals surface area (Å²) in [5.41, 5.74) is 5.62. The van der Waals surface area contributed by atoms with Gasteiger partial charge < -0.3 is 20.3 Å². The van der Waals surface area contributed by atoms with Gasteiger partial charge in [0.05, 0.1) is 7.11 Å². The number of ether oxygens (including phenoxy) is 1. The topological polar surface area (TPSA) is 80.4 Å². The largest absolute Gasteiger partial charge is 0.467 e. The monoisotopic (exact) mass is 238 g/mol. The predicted octanol–water partition coefficient (Wildman–Crippen LogP) is -0.397. The van der Waals surface area contributed by atoms with Crippen molar-refractivity contribution in [2.45, 2.75) is 13.0 Å². The van der Waals surface area contributed by atoms with Crippen molar-refractivity contribution in [3.8, 4) is 6.01 Å². The highest BCUT2D eigenvalue weighted by atomic mass is 16.5. The van der Waals surface area contributed by atoms with Gasteiger partial charge in [0.15, 0.2) is 0 Å². The second-order valence-corrected chi connectivity index (χ2v) is 4.26. The zero-order valence-corrected chi connectivity index (χ0v) is 10.4. The molecule has 1 unspecified atom stereocenters. The van der Waals surface area contributed by atoms with Crippen LogP contribution in [0.5, 0.6) is 6.01 Å². The van der Waals surface area contributed by atoms with Crippen LogP contribution < -0.4 is 15.4 Å². The molecule has 7 nitrogen and oxygen atoms in total. The molecule has 0 amide bonds. The number of nitrogens with two attached hydrogens (primary N) is 1. The summed E-state index contributed by atoms with van der Waals surface area (Å²) in [6.07, 6.45) is 0. The number of nitrogens with zero attached hydrogens (tertiary/aromatic N) is 5. The summed E-state index contributed by atoms with van der Waals surface area (Å²) in [4.78, 5) is 16.6. The lowest BCUT2D eigenvalue weighted by Crippen LogP contribution is -2.50. The minimum Gasteiger partial charge on any atom is -0.467 e. The minimum atomic E-state index is 0.193. The molecule has 7 heteroatoms. The molecule has 0 aromatic carbocycles. The van der Waals surface area contributed by atoms with E-state index < -0.39 is 0 Å². The van der Waals surface area contributed by atoms with Crippen LogP contribution in [0.25, 0.3) is 0 Å². The molecule has 0 bridgehead atoms. The van der Waals surface area contributed by atoms with Crippen molar-refractivity contribution < 1.29 is 4.74 Å². The lowest BCUT2D eigenvalue weighted by Gasteiger charge is -2.37. The molecule has 2 N–H and O–H groups in total. The molecule has 1 fully saturated rings. The Hall–Kier alpha value is -1.63. The van der Waals surface area contributed by atoms with Crippen molar-refractivity contribution in [2.24, 2.45) is 0 Å². The van der Waals surface area contributed by atoms with Gasteiger partial charge >= 0.3 is 6.01 Å². The van der Waals surface area contributed by atoms with E-state index in [1.807, 2.05) is 0 Å². The summed E-state index contributed by atoms with van der Waals surface area (Å²) in [7, 11) is 3.63. The average Bonchev–Trinajstić information content (AvgIpc) is 2.32. The van der Waals surface area contributed by atoms with Crippen LogP contribution in [0.15, 0.2) is 0 Å². The van der Waals surface area contributed by atoms with E-state index in [9.17, 15) is 0 Å². The number of piperazine rings is 1. The Kier molecular flexibility index (Phi) is 3.28. The summed E-state index contributed by atoms with van der Waals surface area (Å²) < 4.78 is 5.00. The normalized spacial score (nSPS) is 21.6. The smallest absolute Gasteiger partial charge is 0.322 e. The zero-order valence-electron chi connectivity index (χ0n) is 10.4. The standard InChI is InChI=1S/C10H18N6O/c1-7-6-16(5-4-15(7)2)9-12-8(11)13-10(14-9)17-3/h7H,4-6H2,1-3H3,(H2,11,12,13,14). The van der Waals surface area contributed by atoms with E-state index in [2.05, 4.69) is 38.7 Å². The van der Waals surface area contributed by atoms with E-state index >= 15 is 0 Å². The number of likely N-dealkylation sites (N-methyl/N-ethyl adjacent to an activating group) is 1. The van der Waals surface area contributed by atoms with E-state index in [0.29, 0.717) is 12.0 Å². The van der Waals surface area contributed by atoms with Crippen LogP contribution in [-0.2, 0) is 0 Å². The Morgan fingerprint density at radius 3 is 2.71 bits per heavy atom. The van der Waals surface area contributed by atoms with E-state index in [-0.39, 0.29) is 12.0 Å². The fraction of sp³-hybridized carbons (Fsp3) is 0.700. The quantitative estimate of drug-likeness (QED) is 0.751. The third-order valence-electron chi connectivity index (χ3n) is 3.05. The molecule has 0 saturated carbocycles. The molecule has 0 spiro atoms. The van der Waals surface area contributed by atoms with E-state index in [4.69, 9.17) is 10.5 Å². The van der Waals surface area contributed by atoms with Crippen LogP contribution in [0.3, 0.4) is 0 Å². The van der Waals surface area contributed by atoms with Crippen molar-refractivity contribution >= 4 is 11.9 Å². The Morgan fingerprint density at radius 1 is 1.29 bits per heavy atom. The van der Waals surface area contributed by atoms with Gasteiger partial charge in [0, 0.05) is 25.7 Å². The summed E-state index contributed by atoms with van der Waals surface area (Å²) in [5, 5.41) is 0. The molecule has 1 aromatic rings. The molecule has 1 atom stereocenters. The molecule has 2 rings (SSSR count). The highest BCUT2D eigenvalue weighted by Gasteiger charge is 2.23. The van der Waals surface area contributed by atoms with Crippen LogP contribution in [0.2, 0.25) is 0 Å². The Morgan fingerprint density at radius 2 is 2.06 bits per heavy atom. The zero-order chi connectivity index (χ0) is 12.4. The number of hydrogen-bond acceptors (Lipinski definition) is 7. The minimum absolute atomic E-state index is 0.193. The second kappa shape index (κ2) is 4.70. The molecule has 0 radical (unpaired) electrons. The molecule has 1 aliphatic rings. The van der Waals surface area contributed by atoms with Gasteiger partial charge in [-0.2, -0.15) is 15.0 Å². The van der Waals surface area contributed by atoms with Crippen molar-refractivity contribution in [3.63, 3.8) is 0 Å². The first-order valence-corrected chi connectivity index (χ1v) is 5.61. The number of hydrogen-bond donors (Lipinski definition) is 1. The first-order chi connectivity index (χ1) is 8.10. The SMILES string of the molecule is COc1nc(N)nc(N2CCN(C)C(C)C2)n1. The van der Waals surface area contributed by atoms with Gasteiger partial charge in [0.1, 0.15) is 0 Å². The van der Waals surface area contributed by atoms with Crippen molar-refractivity contribution in [1.82, 2.24) is 19.9 Å². The average molecular weight is 238 g/mol. The Balaban J connectivity index is 2.19. The van der Waals surface area contributed by atoms with Gasteiger partial charge in [-0.05, 0) is 14.0 Å². The Bertz CT molecular complexity index is 398. The van der Waals surface area contributed by atoms with Crippen LogP contribution in [0, 0.1) is 0 Å². The maximum atomic E-state index is 5.62. The van der Waals surface area contributed by atoms with Crippen LogP contribution in [-0.4, -0.2) is 59.7 Å². The lowest BCUT2D eigenvalue weighted by molar-refractivity contribution is 0.232. The fourth-order valence-corrected chi connectivity index (χ4v) is 1.82. The number of methoxy groups -OCH3 is 1. The fourth-order valence-electron chi connectivity index (χ4n) is 1.82. The Labute approximate surface area is 101 Å². The number of nitrogen functional groups attached to an aromatic ring is 1. The molecule has 1 aliphatic heterocycles. The van der Waals surface area contributed by atoms with Crippen molar-refractivity contribution in [2.75, 3.05) is 44.4 Å². The van der Waals surface area contributed by atoms with Crippen LogP contribution in [0.1, 0.15) is 6.92 Å². The van der Waals surface area contributed by atoms with E-state index in [0.717, 1.165) is 19.6 Å². The first kappa shape index (κ1) is 11.8. The summed E-state index contributed by atoms with van der Waals surface area (Å²) >= 11 is 0. The summed E-state index contributed by atoms with van der Waals surface area (Å²) in [6, 6.07) is 0.729. The van der Waals surface area contributed by atoms with E-state index in [1.165, 1.54) is 7.11 Å². The summed E-state index contributed by atoms with van der Waals surface area (Å²) in [6.45, 7) is 4.92. The molecular formula is C10H18N6O. The molecule has 17 heavy (non-hydrogen) atoms. The van der Waals surface area contributed by atoms with Gasteiger partial charge in [-0.15, -0.1) is 0 Å². The first-order valence-electron chi connectivity index (χ1n) is 5.61. The van der Waals surface area contributed by atoms with Crippen LogP contribution in [0.4, 0.5) is 11.9 Å². The third-order valence-corrected chi connectivity index (χ3v) is 3.05. The van der Waals surface area contributed by atoms with Gasteiger partial charge in [0.25, 0.3) is 0 Å². The van der Waals surface area contributed by atoms with Gasteiger partial charge in [-0.3, -0.25) is 0 Å². The highest BCUT2D eigenvalue weighted by Crippen LogP contribution is 2.16. The summed E-state index contributed by atoms with van der Waals surface area (Å²) in [5.74, 6) is 0.785. The molecule has 94 valence electrons. The van der Waals surface area contributed by atoms with E-state index in [1.54, 1.807) is 0 Å². The molecular weight excluding hydrogens is 220 g/mol. The molecule has 1 aromatic heterocycles. The lowest BCUT2D eigenvalue weighted by atomic mass is 10.2. The molecule has 1 saturated heterocycles. The van der Waals surface area contributed by atoms with Crippen LogP contribution >= 0.6 is 0 Å². The van der Waals surface area contributed by atoms with Gasteiger partial charge in [0.2, 0.25) is 11.9 Å². The van der Waals surface area contributed by atoms with Gasteiger partial charge in [-0.25, -0.2) is 0 Å². The van der Waals surface area contributed by atoms with Gasteiger partial charge in [-0.1, -0.05) is 0 Å². The predicted molar refractivity (Wildman–Crippen MR) is 65.1 cm³/mol. The highest BCUT2D eigenvalue weighted by molar-refractivity contribution is 5.36. The molecule has 2 heterocycles. The molecule has 0 aliphatic carbocycles. The third kappa shape index (κ3) is 2.55. The maximum Gasteiger partial charge on any atom is 0.322 e. The van der Waals surface area contributed by atoms with Crippen molar-refractivity contribution in [1.29, 1.82) is 0 Å². The number of rotatable bonds is 2. The van der Waals surface area contributed by atoms with Crippen molar-refractivity contribution in [3.05, 3.63) is 0 Å². The number of aromatic nitrogens is 3. The number of anilines is 2. The maximum absolute atomic E-state index is 5.62. The second-order valence-electron chi connectivity index (χ2n) is 4.26.